The minimum absolute atomic E-state index is 0.883. The normalized spacial score (nSPS) is 16.4. The van der Waals surface area contributed by atoms with Crippen LogP contribution in [0.4, 0.5) is 5.69 Å². The maximum Gasteiger partial charge on any atom is 0.0317 e. The van der Waals surface area contributed by atoms with Crippen LogP contribution in [0.1, 0.15) is 11.1 Å². The number of nitrogens with zero attached hydrogens (tertiary/aromatic N) is 2. The summed E-state index contributed by atoms with van der Waals surface area (Å²) >= 11 is 0. The molecule has 3 nitrogen and oxygen atoms in total. The van der Waals surface area contributed by atoms with Gasteiger partial charge < -0.3 is 10.6 Å². The standard InChI is InChI=1S/C13H21N3/c1-15(2)7-8-16-6-5-11-3-4-13(14)9-12(11)10-16/h3-4,9H,5-8,10,14H2,1-2H3. The number of hydrogen-bond donors (Lipinski definition) is 1. The molecule has 2 rings (SSSR count). The van der Waals surface area contributed by atoms with Crippen molar-refractivity contribution < 1.29 is 0 Å². The number of nitrogens with two attached hydrogens (primary N) is 1. The van der Waals surface area contributed by atoms with E-state index in [-0.39, 0.29) is 0 Å². The van der Waals surface area contributed by atoms with Gasteiger partial charge in [-0.05, 0) is 43.8 Å². The van der Waals surface area contributed by atoms with Crippen molar-refractivity contribution in [2.75, 3.05) is 39.5 Å². The number of rotatable bonds is 3. The third-order valence-corrected chi connectivity index (χ3v) is 3.19. The van der Waals surface area contributed by atoms with E-state index in [1.165, 1.54) is 17.7 Å². The molecular weight excluding hydrogens is 198 g/mol. The van der Waals surface area contributed by atoms with E-state index < -0.39 is 0 Å². The zero-order chi connectivity index (χ0) is 11.5. The highest BCUT2D eigenvalue weighted by Gasteiger charge is 2.15. The molecule has 1 aromatic carbocycles. The van der Waals surface area contributed by atoms with Gasteiger partial charge in [-0.25, -0.2) is 0 Å². The first-order valence-corrected chi connectivity index (χ1v) is 5.89. The van der Waals surface area contributed by atoms with E-state index in [2.05, 4.69) is 36.0 Å². The van der Waals surface area contributed by atoms with E-state index >= 15 is 0 Å². The average molecular weight is 219 g/mol. The molecule has 0 unspecified atom stereocenters. The van der Waals surface area contributed by atoms with Crippen LogP contribution in [0.5, 0.6) is 0 Å². The summed E-state index contributed by atoms with van der Waals surface area (Å²) in [5, 5.41) is 0. The Hall–Kier alpha value is -1.06. The predicted octanol–water partition coefficient (Wildman–Crippen LogP) is 1.19. The van der Waals surface area contributed by atoms with Crippen LogP contribution in [-0.4, -0.2) is 43.5 Å². The van der Waals surface area contributed by atoms with E-state index in [0.717, 1.165) is 31.7 Å². The first-order valence-electron chi connectivity index (χ1n) is 5.89. The van der Waals surface area contributed by atoms with Crippen molar-refractivity contribution in [3.05, 3.63) is 29.3 Å². The molecule has 0 saturated heterocycles. The number of fused-ring (bicyclic) bond motifs is 1. The second kappa shape index (κ2) is 4.85. The Bertz CT molecular complexity index is 360. The Labute approximate surface area is 97.8 Å². The summed E-state index contributed by atoms with van der Waals surface area (Å²) < 4.78 is 0. The molecular formula is C13H21N3. The van der Waals surface area contributed by atoms with E-state index in [4.69, 9.17) is 5.73 Å². The van der Waals surface area contributed by atoms with Crippen LogP contribution in [0.3, 0.4) is 0 Å². The maximum absolute atomic E-state index is 5.82. The highest BCUT2D eigenvalue weighted by atomic mass is 15.2. The van der Waals surface area contributed by atoms with Gasteiger partial charge in [-0.2, -0.15) is 0 Å². The van der Waals surface area contributed by atoms with Crippen LogP contribution in [0, 0.1) is 0 Å². The number of likely N-dealkylation sites (N-methyl/N-ethyl adjacent to an activating group) is 1. The smallest absolute Gasteiger partial charge is 0.0317 e. The molecule has 88 valence electrons. The second-order valence-electron chi connectivity index (χ2n) is 4.86. The zero-order valence-electron chi connectivity index (χ0n) is 10.2. The van der Waals surface area contributed by atoms with E-state index in [1.54, 1.807) is 0 Å². The third-order valence-electron chi connectivity index (χ3n) is 3.19. The Morgan fingerprint density at radius 1 is 1.31 bits per heavy atom. The Morgan fingerprint density at radius 3 is 2.88 bits per heavy atom. The minimum atomic E-state index is 0.883. The van der Waals surface area contributed by atoms with Gasteiger partial charge in [-0.1, -0.05) is 6.07 Å². The summed E-state index contributed by atoms with van der Waals surface area (Å²) in [5.41, 5.74) is 9.58. The molecule has 0 bridgehead atoms. The van der Waals surface area contributed by atoms with Crippen LogP contribution in [0.25, 0.3) is 0 Å². The van der Waals surface area contributed by atoms with Gasteiger partial charge in [0.05, 0.1) is 0 Å². The Kier molecular flexibility index (Phi) is 3.46. The van der Waals surface area contributed by atoms with Crippen molar-refractivity contribution in [3.8, 4) is 0 Å². The molecule has 0 fully saturated rings. The lowest BCUT2D eigenvalue weighted by atomic mass is 9.99. The van der Waals surface area contributed by atoms with Gasteiger partial charge in [-0.15, -0.1) is 0 Å². The molecule has 0 spiro atoms. The van der Waals surface area contributed by atoms with Gasteiger partial charge in [0.25, 0.3) is 0 Å². The van der Waals surface area contributed by atoms with Gasteiger partial charge in [0.2, 0.25) is 0 Å². The number of nitrogen functional groups attached to an aromatic ring is 1. The lowest BCUT2D eigenvalue weighted by Crippen LogP contribution is -2.35. The number of anilines is 1. The second-order valence-corrected chi connectivity index (χ2v) is 4.86. The fourth-order valence-corrected chi connectivity index (χ4v) is 2.17. The molecule has 3 heteroatoms. The van der Waals surface area contributed by atoms with E-state index in [9.17, 15) is 0 Å². The van der Waals surface area contributed by atoms with Crippen LogP contribution >= 0.6 is 0 Å². The van der Waals surface area contributed by atoms with Gasteiger partial charge >= 0.3 is 0 Å². The van der Waals surface area contributed by atoms with E-state index in [0.29, 0.717) is 0 Å². The highest BCUT2D eigenvalue weighted by Crippen LogP contribution is 2.20. The largest absolute Gasteiger partial charge is 0.399 e. The van der Waals surface area contributed by atoms with Crippen molar-refractivity contribution in [1.29, 1.82) is 0 Å². The van der Waals surface area contributed by atoms with Crippen molar-refractivity contribution in [3.63, 3.8) is 0 Å². The fourth-order valence-electron chi connectivity index (χ4n) is 2.17. The number of hydrogen-bond acceptors (Lipinski definition) is 3. The first kappa shape index (κ1) is 11.4. The van der Waals surface area contributed by atoms with E-state index in [1.807, 2.05) is 6.07 Å². The molecule has 1 aliphatic rings. The van der Waals surface area contributed by atoms with Crippen molar-refractivity contribution in [1.82, 2.24) is 9.80 Å². The summed E-state index contributed by atoms with van der Waals surface area (Å²) in [5.74, 6) is 0. The molecule has 0 aliphatic carbocycles. The minimum Gasteiger partial charge on any atom is -0.399 e. The predicted molar refractivity (Wildman–Crippen MR) is 68.4 cm³/mol. The molecule has 1 heterocycles. The maximum atomic E-state index is 5.82. The fraction of sp³-hybridized carbons (Fsp3) is 0.538. The Balaban J connectivity index is 1.99. The number of benzene rings is 1. The summed E-state index contributed by atoms with van der Waals surface area (Å²) in [6.45, 7) is 4.48. The lowest BCUT2D eigenvalue weighted by Gasteiger charge is -2.29. The monoisotopic (exact) mass is 219 g/mol. The van der Waals surface area contributed by atoms with Crippen LogP contribution in [0.15, 0.2) is 18.2 Å². The van der Waals surface area contributed by atoms with Gasteiger partial charge in [0.1, 0.15) is 0 Å². The molecule has 1 aliphatic heterocycles. The lowest BCUT2D eigenvalue weighted by molar-refractivity contribution is 0.225. The molecule has 16 heavy (non-hydrogen) atoms. The molecule has 0 saturated carbocycles. The SMILES string of the molecule is CN(C)CCN1CCc2ccc(N)cc2C1. The summed E-state index contributed by atoms with van der Waals surface area (Å²) in [6, 6.07) is 6.30. The topological polar surface area (TPSA) is 32.5 Å². The molecule has 1 aromatic rings. The Morgan fingerprint density at radius 2 is 2.12 bits per heavy atom. The molecule has 0 radical (unpaired) electrons. The summed E-state index contributed by atoms with van der Waals surface area (Å²) in [7, 11) is 4.24. The van der Waals surface area contributed by atoms with Crippen LogP contribution in [-0.2, 0) is 13.0 Å². The molecule has 0 amide bonds. The quantitative estimate of drug-likeness (QED) is 0.775. The molecule has 2 N–H and O–H groups in total. The summed E-state index contributed by atoms with van der Waals surface area (Å²) in [6.07, 6.45) is 1.16. The van der Waals surface area contributed by atoms with Crippen molar-refractivity contribution >= 4 is 5.69 Å². The van der Waals surface area contributed by atoms with Crippen molar-refractivity contribution in [2.24, 2.45) is 0 Å². The van der Waals surface area contributed by atoms with Crippen LogP contribution < -0.4 is 5.73 Å². The first-order chi connectivity index (χ1) is 7.65. The van der Waals surface area contributed by atoms with Crippen molar-refractivity contribution in [2.45, 2.75) is 13.0 Å². The summed E-state index contributed by atoms with van der Waals surface area (Å²) in [4.78, 5) is 4.73. The molecule has 0 atom stereocenters. The van der Waals surface area contributed by atoms with Gasteiger partial charge in [0, 0.05) is 31.9 Å². The highest BCUT2D eigenvalue weighted by molar-refractivity contribution is 5.45. The molecule has 0 aromatic heterocycles. The third kappa shape index (κ3) is 2.74. The van der Waals surface area contributed by atoms with Crippen LogP contribution in [0.2, 0.25) is 0 Å². The van der Waals surface area contributed by atoms with Gasteiger partial charge in [0.15, 0.2) is 0 Å². The van der Waals surface area contributed by atoms with Gasteiger partial charge in [-0.3, -0.25) is 4.90 Å². The average Bonchev–Trinajstić information content (AvgIpc) is 2.25. The zero-order valence-corrected chi connectivity index (χ0v) is 10.2.